The number of fused-ring (bicyclic) bond motifs is 1. The third kappa shape index (κ3) is 3.06. The first kappa shape index (κ1) is 16.7. The Morgan fingerprint density at radius 2 is 1.96 bits per heavy atom. The molecular weight excluding hydrogens is 326 g/mol. The van der Waals surface area contributed by atoms with Crippen molar-refractivity contribution in [3.05, 3.63) is 60.4 Å². The van der Waals surface area contributed by atoms with Gasteiger partial charge in [-0.15, -0.1) is 0 Å². The number of carbonyl (C=O) groups excluding carboxylic acids is 1. The number of hydrogen-bond acceptors (Lipinski definition) is 4. The molecule has 2 unspecified atom stereocenters. The van der Waals surface area contributed by atoms with Crippen LogP contribution in [-0.2, 0) is 0 Å². The number of hydrogen-bond donors (Lipinski definition) is 1. The monoisotopic (exact) mass is 347 g/mol. The molecule has 2 atom stereocenters. The fourth-order valence-electron chi connectivity index (χ4n) is 3.43. The molecule has 3 heterocycles. The van der Waals surface area contributed by atoms with E-state index in [1.54, 1.807) is 17.3 Å². The Labute approximate surface area is 152 Å². The van der Waals surface area contributed by atoms with Crippen LogP contribution in [0, 0.1) is 5.92 Å². The molecule has 0 saturated carbocycles. The first-order valence-corrected chi connectivity index (χ1v) is 8.91. The zero-order valence-corrected chi connectivity index (χ0v) is 14.7. The maximum atomic E-state index is 13.2. The van der Waals surface area contributed by atoms with Crippen LogP contribution in [0.3, 0.4) is 0 Å². The Morgan fingerprint density at radius 1 is 1.19 bits per heavy atom. The molecule has 132 valence electrons. The minimum atomic E-state index is -0.472. The molecule has 0 radical (unpaired) electrons. The second-order valence-corrected chi connectivity index (χ2v) is 6.89. The SMILES string of the molecule is CC1CCN(C(=O)c2cc(-c3ccncc3)nc3ccccc23)CC1O. The Balaban J connectivity index is 1.79. The second kappa shape index (κ2) is 6.84. The van der Waals surface area contributed by atoms with Crippen molar-refractivity contribution in [3.63, 3.8) is 0 Å². The van der Waals surface area contributed by atoms with Crippen LogP contribution in [-0.4, -0.2) is 45.1 Å². The molecule has 0 bridgehead atoms. The first-order chi connectivity index (χ1) is 12.6. The van der Waals surface area contributed by atoms with Gasteiger partial charge in [0.2, 0.25) is 0 Å². The fraction of sp³-hybridized carbons (Fsp3) is 0.286. The van der Waals surface area contributed by atoms with Crippen molar-refractivity contribution in [1.29, 1.82) is 0 Å². The number of benzene rings is 1. The molecule has 1 fully saturated rings. The Bertz CT molecular complexity index is 942. The molecule has 1 N–H and O–H groups in total. The highest BCUT2D eigenvalue weighted by atomic mass is 16.3. The van der Waals surface area contributed by atoms with Gasteiger partial charge in [0, 0.05) is 36.4 Å². The largest absolute Gasteiger partial charge is 0.391 e. The maximum absolute atomic E-state index is 13.2. The van der Waals surface area contributed by atoms with Gasteiger partial charge in [-0.05, 0) is 36.6 Å². The van der Waals surface area contributed by atoms with Crippen molar-refractivity contribution in [3.8, 4) is 11.3 Å². The van der Waals surface area contributed by atoms with Crippen molar-refractivity contribution < 1.29 is 9.90 Å². The summed E-state index contributed by atoms with van der Waals surface area (Å²) in [7, 11) is 0. The highest BCUT2D eigenvalue weighted by molar-refractivity contribution is 6.07. The van der Waals surface area contributed by atoms with E-state index in [0.717, 1.165) is 28.6 Å². The van der Waals surface area contributed by atoms with Crippen LogP contribution in [0.5, 0.6) is 0 Å². The zero-order chi connectivity index (χ0) is 18.1. The van der Waals surface area contributed by atoms with Gasteiger partial charge in [0.15, 0.2) is 0 Å². The molecule has 1 aromatic carbocycles. The van der Waals surface area contributed by atoms with Crippen LogP contribution in [0.15, 0.2) is 54.9 Å². The number of carbonyl (C=O) groups is 1. The van der Waals surface area contributed by atoms with Gasteiger partial charge in [-0.25, -0.2) is 4.98 Å². The summed E-state index contributed by atoms with van der Waals surface area (Å²) in [6, 6.07) is 13.3. The number of amides is 1. The number of β-amino-alcohol motifs (C(OH)–C–C–N with tert-alkyl or cyclic N) is 1. The van der Waals surface area contributed by atoms with Crippen molar-refractivity contribution in [2.75, 3.05) is 13.1 Å². The number of rotatable bonds is 2. The predicted octanol–water partition coefficient (Wildman–Crippen LogP) is 3.14. The summed E-state index contributed by atoms with van der Waals surface area (Å²) in [5.41, 5.74) is 3.09. The third-order valence-corrected chi connectivity index (χ3v) is 5.13. The van der Waals surface area contributed by atoms with E-state index < -0.39 is 6.10 Å². The first-order valence-electron chi connectivity index (χ1n) is 8.91. The number of likely N-dealkylation sites (tertiary alicyclic amines) is 1. The topological polar surface area (TPSA) is 66.3 Å². The average Bonchev–Trinajstić information content (AvgIpc) is 2.69. The number of aromatic nitrogens is 2. The van der Waals surface area contributed by atoms with Gasteiger partial charge in [0.25, 0.3) is 5.91 Å². The number of piperidine rings is 1. The average molecular weight is 347 g/mol. The van der Waals surface area contributed by atoms with Gasteiger partial charge < -0.3 is 10.0 Å². The Morgan fingerprint density at radius 3 is 2.73 bits per heavy atom. The van der Waals surface area contributed by atoms with E-state index in [2.05, 4.69) is 4.98 Å². The van der Waals surface area contributed by atoms with Crippen LogP contribution in [0.4, 0.5) is 0 Å². The van der Waals surface area contributed by atoms with Crippen molar-refractivity contribution in [1.82, 2.24) is 14.9 Å². The minimum absolute atomic E-state index is 0.0511. The molecule has 5 heteroatoms. The number of nitrogens with zero attached hydrogens (tertiary/aromatic N) is 3. The van der Waals surface area contributed by atoms with Gasteiger partial charge in [-0.1, -0.05) is 25.1 Å². The molecule has 1 saturated heterocycles. The van der Waals surface area contributed by atoms with Crippen LogP contribution in [0.25, 0.3) is 22.2 Å². The summed E-state index contributed by atoms with van der Waals surface area (Å²) in [6.07, 6.45) is 3.78. The van der Waals surface area contributed by atoms with E-state index in [0.29, 0.717) is 18.7 Å². The second-order valence-electron chi connectivity index (χ2n) is 6.89. The van der Waals surface area contributed by atoms with Crippen molar-refractivity contribution in [2.24, 2.45) is 5.92 Å². The van der Waals surface area contributed by atoms with E-state index in [9.17, 15) is 9.90 Å². The summed E-state index contributed by atoms with van der Waals surface area (Å²) in [6.45, 7) is 3.06. The zero-order valence-electron chi connectivity index (χ0n) is 14.7. The van der Waals surface area contributed by atoms with Gasteiger partial charge in [0.1, 0.15) is 0 Å². The van der Waals surface area contributed by atoms with E-state index in [4.69, 9.17) is 4.98 Å². The third-order valence-electron chi connectivity index (χ3n) is 5.13. The van der Waals surface area contributed by atoms with Crippen molar-refractivity contribution >= 4 is 16.8 Å². The van der Waals surface area contributed by atoms with Gasteiger partial charge in [-0.2, -0.15) is 0 Å². The molecule has 0 aliphatic carbocycles. The highest BCUT2D eigenvalue weighted by Crippen LogP contribution is 2.27. The predicted molar refractivity (Wildman–Crippen MR) is 101 cm³/mol. The molecule has 4 rings (SSSR count). The van der Waals surface area contributed by atoms with Crippen LogP contribution < -0.4 is 0 Å². The lowest BCUT2D eigenvalue weighted by atomic mass is 9.95. The molecule has 2 aromatic heterocycles. The molecule has 26 heavy (non-hydrogen) atoms. The number of aliphatic hydroxyl groups excluding tert-OH is 1. The van der Waals surface area contributed by atoms with Crippen LogP contribution in [0.1, 0.15) is 23.7 Å². The lowest BCUT2D eigenvalue weighted by Gasteiger charge is -2.34. The lowest BCUT2D eigenvalue weighted by molar-refractivity contribution is 0.0250. The number of pyridine rings is 2. The van der Waals surface area contributed by atoms with Crippen LogP contribution >= 0.6 is 0 Å². The summed E-state index contributed by atoms with van der Waals surface area (Å²) in [5.74, 6) is 0.172. The van der Waals surface area contributed by atoms with Gasteiger partial charge >= 0.3 is 0 Å². The summed E-state index contributed by atoms with van der Waals surface area (Å²) < 4.78 is 0. The van der Waals surface area contributed by atoms with Crippen LogP contribution in [0.2, 0.25) is 0 Å². The Hall–Kier alpha value is -2.79. The molecule has 3 aromatic rings. The fourth-order valence-corrected chi connectivity index (χ4v) is 3.43. The summed E-state index contributed by atoms with van der Waals surface area (Å²) in [5, 5.41) is 11.0. The van der Waals surface area contributed by atoms with E-state index >= 15 is 0 Å². The smallest absolute Gasteiger partial charge is 0.254 e. The molecule has 1 amide bonds. The normalized spacial score (nSPS) is 20.3. The minimum Gasteiger partial charge on any atom is -0.391 e. The summed E-state index contributed by atoms with van der Waals surface area (Å²) in [4.78, 5) is 23.7. The summed E-state index contributed by atoms with van der Waals surface area (Å²) >= 11 is 0. The number of para-hydroxylation sites is 1. The Kier molecular flexibility index (Phi) is 4.39. The quantitative estimate of drug-likeness (QED) is 0.773. The highest BCUT2D eigenvalue weighted by Gasteiger charge is 2.29. The molecule has 0 spiro atoms. The van der Waals surface area contributed by atoms with E-state index in [1.807, 2.05) is 49.4 Å². The molecular formula is C21H21N3O2. The van der Waals surface area contributed by atoms with Gasteiger partial charge in [-0.3, -0.25) is 9.78 Å². The maximum Gasteiger partial charge on any atom is 0.254 e. The standard InChI is InChI=1S/C21H21N3O2/c1-14-8-11-24(13-20(14)25)21(26)17-12-19(15-6-9-22-10-7-15)23-18-5-3-2-4-16(17)18/h2-7,9-10,12,14,20,25H,8,11,13H2,1H3. The van der Waals surface area contributed by atoms with Crippen molar-refractivity contribution in [2.45, 2.75) is 19.4 Å². The van der Waals surface area contributed by atoms with Gasteiger partial charge in [0.05, 0.1) is 22.9 Å². The van der Waals surface area contributed by atoms with E-state index in [1.165, 1.54) is 0 Å². The molecule has 1 aliphatic heterocycles. The molecule has 5 nitrogen and oxygen atoms in total. The van der Waals surface area contributed by atoms with E-state index in [-0.39, 0.29) is 11.8 Å². The number of aliphatic hydroxyl groups is 1. The molecule has 1 aliphatic rings. The lowest BCUT2D eigenvalue weighted by Crippen LogP contribution is -2.45.